The molecule has 1 amide bonds. The van der Waals surface area contributed by atoms with Crippen LogP contribution >= 0.6 is 15.9 Å². The molecule has 2 aromatic rings. The molecular formula is C18H18BrFN2O5S. The fourth-order valence-corrected chi connectivity index (χ4v) is 3.72. The van der Waals surface area contributed by atoms with Crippen molar-refractivity contribution in [1.29, 1.82) is 0 Å². The maximum atomic E-state index is 13.7. The van der Waals surface area contributed by atoms with E-state index >= 15 is 0 Å². The van der Waals surface area contributed by atoms with E-state index < -0.39 is 34.3 Å². The average Bonchev–Trinajstić information content (AvgIpc) is 2.63. The Bertz CT molecular complexity index is 1020. The second kappa shape index (κ2) is 8.80. The molecule has 0 unspecified atom stereocenters. The molecule has 0 bridgehead atoms. The van der Waals surface area contributed by atoms with Crippen molar-refractivity contribution < 1.29 is 27.1 Å². The first kappa shape index (κ1) is 22.0. The van der Waals surface area contributed by atoms with Crippen molar-refractivity contribution in [2.75, 3.05) is 26.0 Å². The molecule has 0 aliphatic rings. The van der Waals surface area contributed by atoms with Gasteiger partial charge in [-0.3, -0.25) is 4.79 Å². The van der Waals surface area contributed by atoms with E-state index in [4.69, 9.17) is 4.74 Å². The molecule has 0 atom stereocenters. The summed E-state index contributed by atoms with van der Waals surface area (Å²) in [5.41, 5.74) is 0.431. The summed E-state index contributed by atoms with van der Waals surface area (Å²) >= 11 is 3.12. The number of ether oxygens (including phenoxy) is 1. The molecule has 10 heteroatoms. The average molecular weight is 473 g/mol. The van der Waals surface area contributed by atoms with Crippen molar-refractivity contribution in [3.8, 4) is 0 Å². The first-order valence-electron chi connectivity index (χ1n) is 7.97. The second-order valence-electron chi connectivity index (χ2n) is 6.02. The van der Waals surface area contributed by atoms with Gasteiger partial charge in [0.25, 0.3) is 5.91 Å². The number of sulfonamides is 1. The summed E-state index contributed by atoms with van der Waals surface area (Å²) in [6.07, 6.45) is 0. The summed E-state index contributed by atoms with van der Waals surface area (Å²) in [5.74, 6) is -2.46. The van der Waals surface area contributed by atoms with Crippen LogP contribution in [-0.2, 0) is 19.6 Å². The number of hydrogen-bond acceptors (Lipinski definition) is 5. The van der Waals surface area contributed by atoms with E-state index in [-0.39, 0.29) is 16.1 Å². The molecule has 1 N–H and O–H groups in total. The largest absolute Gasteiger partial charge is 0.452 e. The third-order valence-electron chi connectivity index (χ3n) is 3.71. The summed E-state index contributed by atoms with van der Waals surface area (Å²) in [4.78, 5) is 24.0. The summed E-state index contributed by atoms with van der Waals surface area (Å²) in [5, 5.41) is 2.45. The standard InChI is InChI=1S/C18H18BrFN2O5S/c1-11-4-6-13(9-16(11)28(25,26)22(2)3)21-17(23)10-27-18(24)14-8-12(19)5-7-15(14)20/h4-9H,10H2,1-3H3,(H,21,23). The number of halogens is 2. The summed E-state index contributed by atoms with van der Waals surface area (Å²) in [7, 11) is -0.879. The number of carbonyl (C=O) groups excluding carboxylic acids is 2. The Morgan fingerprint density at radius 1 is 1.18 bits per heavy atom. The number of anilines is 1. The Balaban J connectivity index is 2.08. The van der Waals surface area contributed by atoms with Crippen LogP contribution < -0.4 is 5.32 Å². The quantitative estimate of drug-likeness (QED) is 0.652. The number of aryl methyl sites for hydroxylation is 1. The molecule has 7 nitrogen and oxygen atoms in total. The van der Waals surface area contributed by atoms with Gasteiger partial charge in [0.1, 0.15) is 5.82 Å². The number of nitrogens with zero attached hydrogens (tertiary/aromatic N) is 1. The van der Waals surface area contributed by atoms with Gasteiger partial charge >= 0.3 is 5.97 Å². The normalized spacial score (nSPS) is 11.4. The molecule has 0 aliphatic carbocycles. The zero-order chi connectivity index (χ0) is 21.1. The minimum absolute atomic E-state index is 0.0449. The lowest BCUT2D eigenvalue weighted by atomic mass is 10.2. The molecule has 0 fully saturated rings. The smallest absolute Gasteiger partial charge is 0.341 e. The lowest BCUT2D eigenvalue weighted by Crippen LogP contribution is -2.24. The van der Waals surface area contributed by atoms with Crippen molar-refractivity contribution in [2.24, 2.45) is 0 Å². The predicted molar refractivity (Wildman–Crippen MR) is 105 cm³/mol. The zero-order valence-electron chi connectivity index (χ0n) is 15.3. The van der Waals surface area contributed by atoms with E-state index in [1.807, 2.05) is 0 Å². The van der Waals surface area contributed by atoms with Crippen LogP contribution in [0.4, 0.5) is 10.1 Å². The SMILES string of the molecule is Cc1ccc(NC(=O)COC(=O)c2cc(Br)ccc2F)cc1S(=O)(=O)N(C)C. The van der Waals surface area contributed by atoms with Gasteiger partial charge in [-0.25, -0.2) is 21.9 Å². The molecule has 0 heterocycles. The van der Waals surface area contributed by atoms with E-state index in [1.165, 1.54) is 38.4 Å². The number of hydrogen-bond donors (Lipinski definition) is 1. The lowest BCUT2D eigenvalue weighted by molar-refractivity contribution is -0.119. The maximum Gasteiger partial charge on any atom is 0.341 e. The maximum absolute atomic E-state index is 13.7. The highest BCUT2D eigenvalue weighted by molar-refractivity contribution is 9.10. The van der Waals surface area contributed by atoms with Gasteiger partial charge in [-0.15, -0.1) is 0 Å². The molecule has 2 rings (SSSR count). The number of rotatable bonds is 6. The molecule has 0 spiro atoms. The highest BCUT2D eigenvalue weighted by atomic mass is 79.9. The minimum Gasteiger partial charge on any atom is -0.452 e. The van der Waals surface area contributed by atoms with Crippen LogP contribution in [0.1, 0.15) is 15.9 Å². The Hall–Kier alpha value is -2.30. The third kappa shape index (κ3) is 5.15. The van der Waals surface area contributed by atoms with Crippen LogP contribution in [0.25, 0.3) is 0 Å². The summed E-state index contributed by atoms with van der Waals surface area (Å²) in [6, 6.07) is 8.16. The van der Waals surface area contributed by atoms with E-state index in [2.05, 4.69) is 21.2 Å². The second-order valence-corrected chi connectivity index (χ2v) is 9.05. The number of nitrogens with one attached hydrogen (secondary N) is 1. The zero-order valence-corrected chi connectivity index (χ0v) is 17.7. The first-order valence-corrected chi connectivity index (χ1v) is 10.2. The number of esters is 1. The third-order valence-corrected chi connectivity index (χ3v) is 6.16. The van der Waals surface area contributed by atoms with E-state index in [1.54, 1.807) is 13.0 Å². The molecule has 0 saturated carbocycles. The molecule has 0 saturated heterocycles. The van der Waals surface area contributed by atoms with Crippen molar-refractivity contribution in [2.45, 2.75) is 11.8 Å². The van der Waals surface area contributed by atoms with Crippen molar-refractivity contribution >= 4 is 43.5 Å². The van der Waals surface area contributed by atoms with Crippen LogP contribution in [-0.4, -0.2) is 45.3 Å². The van der Waals surface area contributed by atoms with Crippen LogP contribution in [0.15, 0.2) is 45.8 Å². The van der Waals surface area contributed by atoms with E-state index in [9.17, 15) is 22.4 Å². The van der Waals surface area contributed by atoms with Crippen LogP contribution in [0, 0.1) is 12.7 Å². The van der Waals surface area contributed by atoms with Crippen molar-refractivity contribution in [3.05, 3.63) is 57.8 Å². The van der Waals surface area contributed by atoms with Gasteiger partial charge in [0.2, 0.25) is 10.0 Å². The Morgan fingerprint density at radius 3 is 2.50 bits per heavy atom. The number of benzene rings is 2. The van der Waals surface area contributed by atoms with Gasteiger partial charge < -0.3 is 10.1 Å². The van der Waals surface area contributed by atoms with Gasteiger partial charge in [-0.1, -0.05) is 22.0 Å². The van der Waals surface area contributed by atoms with Crippen molar-refractivity contribution in [3.63, 3.8) is 0 Å². The monoisotopic (exact) mass is 472 g/mol. The first-order chi connectivity index (χ1) is 13.0. The molecule has 2 aromatic carbocycles. The predicted octanol–water partition coefficient (Wildman–Crippen LogP) is 2.94. The van der Waals surface area contributed by atoms with Crippen LogP contribution in [0.2, 0.25) is 0 Å². The summed E-state index contributed by atoms with van der Waals surface area (Å²) in [6.45, 7) is 0.977. The van der Waals surface area contributed by atoms with Gasteiger partial charge in [0, 0.05) is 24.3 Å². The fraction of sp³-hybridized carbons (Fsp3) is 0.222. The van der Waals surface area contributed by atoms with Crippen LogP contribution in [0.5, 0.6) is 0 Å². The Labute approximate surface area is 170 Å². The fourth-order valence-electron chi connectivity index (χ4n) is 2.21. The molecule has 0 radical (unpaired) electrons. The van der Waals surface area contributed by atoms with E-state index in [0.717, 1.165) is 10.4 Å². The summed E-state index contributed by atoms with van der Waals surface area (Å²) < 4.78 is 44.7. The van der Waals surface area contributed by atoms with Gasteiger partial charge in [0.05, 0.1) is 10.5 Å². The van der Waals surface area contributed by atoms with Crippen LogP contribution in [0.3, 0.4) is 0 Å². The lowest BCUT2D eigenvalue weighted by Gasteiger charge is -2.15. The number of amides is 1. The molecule has 0 aromatic heterocycles. The minimum atomic E-state index is -3.69. The molecule has 28 heavy (non-hydrogen) atoms. The topological polar surface area (TPSA) is 92.8 Å². The van der Waals surface area contributed by atoms with Crippen molar-refractivity contribution in [1.82, 2.24) is 4.31 Å². The molecular weight excluding hydrogens is 455 g/mol. The van der Waals surface area contributed by atoms with Gasteiger partial charge in [-0.2, -0.15) is 0 Å². The van der Waals surface area contributed by atoms with Gasteiger partial charge in [-0.05, 0) is 42.8 Å². The Kier molecular flexibility index (Phi) is 6.91. The van der Waals surface area contributed by atoms with Gasteiger partial charge in [0.15, 0.2) is 6.61 Å². The van der Waals surface area contributed by atoms with E-state index in [0.29, 0.717) is 10.0 Å². The highest BCUT2D eigenvalue weighted by Crippen LogP contribution is 2.22. The molecule has 150 valence electrons. The Morgan fingerprint density at radius 2 is 1.86 bits per heavy atom. The number of carbonyl (C=O) groups is 2. The highest BCUT2D eigenvalue weighted by Gasteiger charge is 2.21. The molecule has 0 aliphatic heterocycles.